The van der Waals surface area contributed by atoms with Crippen molar-refractivity contribution in [2.75, 3.05) is 0 Å². The number of carboxylic acids is 1. The number of carboxylic acid groups (broad SMARTS) is 1. The lowest BCUT2D eigenvalue weighted by Crippen LogP contribution is -2.24. The molecular formula is C15H17ClN2O3S. The summed E-state index contributed by atoms with van der Waals surface area (Å²) in [5, 5.41) is 12.4. The molecule has 0 aliphatic carbocycles. The summed E-state index contributed by atoms with van der Waals surface area (Å²) in [6.45, 7) is 0. The minimum Gasteiger partial charge on any atom is -0.481 e. The van der Waals surface area contributed by atoms with Gasteiger partial charge in [-0.15, -0.1) is 0 Å². The molecule has 118 valence electrons. The number of hydrogen-bond donors (Lipinski definition) is 2. The van der Waals surface area contributed by atoms with Crippen LogP contribution in [0, 0.1) is 0 Å². The van der Waals surface area contributed by atoms with E-state index in [1.165, 1.54) is 11.8 Å². The first-order valence-electron chi connectivity index (χ1n) is 7.08. The molecule has 5 nitrogen and oxygen atoms in total. The highest BCUT2D eigenvalue weighted by atomic mass is 35.5. The molecule has 1 fully saturated rings. The van der Waals surface area contributed by atoms with E-state index in [0.29, 0.717) is 16.6 Å². The van der Waals surface area contributed by atoms with Crippen molar-refractivity contribution in [2.24, 2.45) is 4.99 Å². The molecule has 0 aromatic heterocycles. The van der Waals surface area contributed by atoms with E-state index < -0.39 is 5.97 Å². The monoisotopic (exact) mass is 340 g/mol. The number of unbranched alkanes of at least 4 members (excludes halogenated alkanes) is 2. The van der Waals surface area contributed by atoms with Crippen molar-refractivity contribution in [1.29, 1.82) is 0 Å². The molecule has 2 rings (SSSR count). The number of amidine groups is 1. The highest BCUT2D eigenvalue weighted by molar-refractivity contribution is 8.15. The lowest BCUT2D eigenvalue weighted by Gasteiger charge is -2.04. The van der Waals surface area contributed by atoms with E-state index in [-0.39, 0.29) is 17.6 Å². The van der Waals surface area contributed by atoms with Crippen LogP contribution in [0.25, 0.3) is 0 Å². The molecule has 0 saturated carbocycles. The molecule has 2 N–H and O–H groups in total. The van der Waals surface area contributed by atoms with Gasteiger partial charge in [0, 0.05) is 11.4 Å². The number of rotatable bonds is 7. The molecule has 1 aromatic carbocycles. The summed E-state index contributed by atoms with van der Waals surface area (Å²) in [5.74, 6) is -0.804. The highest BCUT2D eigenvalue weighted by Gasteiger charge is 2.29. The Morgan fingerprint density at radius 3 is 2.68 bits per heavy atom. The molecule has 0 spiro atoms. The molecule has 1 aliphatic rings. The summed E-state index contributed by atoms with van der Waals surface area (Å²) in [5.41, 5.74) is 0.745. The van der Waals surface area contributed by atoms with Gasteiger partial charge in [0.15, 0.2) is 5.17 Å². The van der Waals surface area contributed by atoms with Crippen LogP contribution in [-0.4, -0.2) is 27.4 Å². The summed E-state index contributed by atoms with van der Waals surface area (Å²) in [4.78, 5) is 26.7. The maximum atomic E-state index is 11.9. The van der Waals surface area contributed by atoms with Crippen LogP contribution < -0.4 is 5.32 Å². The zero-order valence-corrected chi connectivity index (χ0v) is 13.5. The summed E-state index contributed by atoms with van der Waals surface area (Å²) in [7, 11) is 0. The number of carbonyl (C=O) groups is 2. The van der Waals surface area contributed by atoms with Crippen molar-refractivity contribution < 1.29 is 14.7 Å². The van der Waals surface area contributed by atoms with Gasteiger partial charge in [-0.05, 0) is 37.1 Å². The van der Waals surface area contributed by atoms with Crippen LogP contribution in [0.1, 0.15) is 32.1 Å². The van der Waals surface area contributed by atoms with Gasteiger partial charge in [0.1, 0.15) is 0 Å². The first-order chi connectivity index (χ1) is 10.5. The van der Waals surface area contributed by atoms with E-state index >= 15 is 0 Å². The zero-order valence-electron chi connectivity index (χ0n) is 11.9. The Morgan fingerprint density at radius 2 is 2.00 bits per heavy atom. The number of nitrogens with one attached hydrogen (secondary N) is 1. The maximum absolute atomic E-state index is 11.9. The second kappa shape index (κ2) is 8.19. The second-order valence-electron chi connectivity index (χ2n) is 4.98. The highest BCUT2D eigenvalue weighted by Crippen LogP contribution is 2.27. The number of amides is 1. The second-order valence-corrected chi connectivity index (χ2v) is 6.61. The van der Waals surface area contributed by atoms with Crippen LogP contribution in [-0.2, 0) is 9.59 Å². The quantitative estimate of drug-likeness (QED) is 0.743. The number of aliphatic carboxylic acids is 1. The van der Waals surface area contributed by atoms with Crippen molar-refractivity contribution in [3.63, 3.8) is 0 Å². The van der Waals surface area contributed by atoms with E-state index in [9.17, 15) is 9.59 Å². The molecule has 0 radical (unpaired) electrons. The van der Waals surface area contributed by atoms with Crippen molar-refractivity contribution in [3.05, 3.63) is 29.3 Å². The number of thioether (sulfide) groups is 1. The molecule has 7 heteroatoms. The molecule has 22 heavy (non-hydrogen) atoms. The number of benzene rings is 1. The molecule has 1 unspecified atom stereocenters. The summed E-state index contributed by atoms with van der Waals surface area (Å²) in [6.07, 6.45) is 3.23. The third-order valence-electron chi connectivity index (χ3n) is 3.19. The standard InChI is InChI=1S/C15H17ClN2O3S/c16-10-6-8-11(9-7-10)17-15-18-14(21)12(22-15)4-2-1-3-5-13(19)20/h6-9,12H,1-5H2,(H,19,20)(H,17,18,21). The van der Waals surface area contributed by atoms with Gasteiger partial charge in [-0.25, -0.2) is 4.99 Å². The summed E-state index contributed by atoms with van der Waals surface area (Å²) in [6, 6.07) is 7.09. The SMILES string of the molecule is O=C(O)CCCCCC1SC(=Nc2ccc(Cl)cc2)NC1=O. The Morgan fingerprint density at radius 1 is 1.27 bits per heavy atom. The fourth-order valence-electron chi connectivity index (χ4n) is 2.06. The van der Waals surface area contributed by atoms with Crippen LogP contribution in [0.4, 0.5) is 5.69 Å². The van der Waals surface area contributed by atoms with Gasteiger partial charge in [-0.2, -0.15) is 0 Å². The Bertz CT molecular complexity index is 575. The van der Waals surface area contributed by atoms with Crippen LogP contribution >= 0.6 is 23.4 Å². The molecule has 1 amide bonds. The fourth-order valence-corrected chi connectivity index (χ4v) is 3.23. The van der Waals surface area contributed by atoms with E-state index in [0.717, 1.165) is 24.9 Å². The van der Waals surface area contributed by atoms with Gasteiger partial charge in [0.2, 0.25) is 5.91 Å². The maximum Gasteiger partial charge on any atom is 0.303 e. The number of halogens is 1. The average molecular weight is 341 g/mol. The van der Waals surface area contributed by atoms with Gasteiger partial charge in [0.25, 0.3) is 0 Å². The van der Waals surface area contributed by atoms with E-state index in [1.54, 1.807) is 24.3 Å². The fraction of sp³-hybridized carbons (Fsp3) is 0.400. The summed E-state index contributed by atoms with van der Waals surface area (Å²) < 4.78 is 0. The number of nitrogens with zero attached hydrogens (tertiary/aromatic N) is 1. The van der Waals surface area contributed by atoms with Crippen LogP contribution in [0.5, 0.6) is 0 Å². The molecule has 0 bridgehead atoms. The van der Waals surface area contributed by atoms with Crippen molar-refractivity contribution >= 4 is 46.1 Å². The Kier molecular flexibility index (Phi) is 6.27. The normalized spacial score (nSPS) is 19.4. The average Bonchev–Trinajstić information content (AvgIpc) is 2.81. The van der Waals surface area contributed by atoms with Crippen LogP contribution in [0.15, 0.2) is 29.3 Å². The molecule has 1 saturated heterocycles. The van der Waals surface area contributed by atoms with Crippen molar-refractivity contribution in [1.82, 2.24) is 5.32 Å². The van der Waals surface area contributed by atoms with Gasteiger partial charge in [-0.1, -0.05) is 36.2 Å². The Labute approximate surface area is 138 Å². The van der Waals surface area contributed by atoms with Crippen LogP contribution in [0.3, 0.4) is 0 Å². The van der Waals surface area contributed by atoms with Gasteiger partial charge in [0.05, 0.1) is 10.9 Å². The Hall–Kier alpha value is -1.53. The first-order valence-corrected chi connectivity index (χ1v) is 8.34. The topological polar surface area (TPSA) is 78.8 Å². The lowest BCUT2D eigenvalue weighted by atomic mass is 10.1. The van der Waals surface area contributed by atoms with Crippen molar-refractivity contribution in [2.45, 2.75) is 37.4 Å². The van der Waals surface area contributed by atoms with Crippen molar-refractivity contribution in [3.8, 4) is 0 Å². The van der Waals surface area contributed by atoms with Crippen LogP contribution in [0.2, 0.25) is 5.02 Å². The lowest BCUT2D eigenvalue weighted by molar-refractivity contribution is -0.137. The largest absolute Gasteiger partial charge is 0.481 e. The molecule has 1 heterocycles. The third-order valence-corrected chi connectivity index (χ3v) is 4.59. The first kappa shape index (κ1) is 16.8. The number of aliphatic imine (C=N–C) groups is 1. The minimum atomic E-state index is -0.773. The summed E-state index contributed by atoms with van der Waals surface area (Å²) >= 11 is 7.24. The third kappa shape index (κ3) is 5.35. The number of carbonyl (C=O) groups excluding carboxylic acids is 1. The number of hydrogen-bond acceptors (Lipinski definition) is 4. The molecule has 1 aromatic rings. The minimum absolute atomic E-state index is 0.0315. The molecule has 1 atom stereocenters. The van der Waals surface area contributed by atoms with Gasteiger partial charge in [-0.3, -0.25) is 9.59 Å². The Balaban J connectivity index is 1.80. The predicted molar refractivity (Wildman–Crippen MR) is 88.8 cm³/mol. The molecule has 1 aliphatic heterocycles. The van der Waals surface area contributed by atoms with E-state index in [2.05, 4.69) is 10.3 Å². The zero-order chi connectivity index (χ0) is 15.9. The van der Waals surface area contributed by atoms with E-state index in [1.807, 2.05) is 0 Å². The predicted octanol–water partition coefficient (Wildman–Crippen LogP) is 3.59. The van der Waals surface area contributed by atoms with E-state index in [4.69, 9.17) is 16.7 Å². The smallest absolute Gasteiger partial charge is 0.303 e. The van der Waals surface area contributed by atoms with Gasteiger partial charge < -0.3 is 10.4 Å². The van der Waals surface area contributed by atoms with Gasteiger partial charge >= 0.3 is 5.97 Å². The molecular weight excluding hydrogens is 324 g/mol.